The summed E-state index contributed by atoms with van der Waals surface area (Å²) >= 11 is 0. The van der Waals surface area contributed by atoms with E-state index in [9.17, 15) is 4.79 Å². The van der Waals surface area contributed by atoms with Gasteiger partial charge in [-0.1, -0.05) is 12.1 Å². The molecule has 1 aromatic carbocycles. The molecular formula is C20H26N2O4. The van der Waals surface area contributed by atoms with E-state index in [0.717, 1.165) is 50.6 Å². The maximum absolute atomic E-state index is 12.1. The lowest BCUT2D eigenvalue weighted by Crippen LogP contribution is -2.38. The molecule has 0 aliphatic carbocycles. The van der Waals surface area contributed by atoms with Crippen LogP contribution in [0.3, 0.4) is 0 Å². The van der Waals surface area contributed by atoms with E-state index in [-0.39, 0.29) is 5.91 Å². The third kappa shape index (κ3) is 5.61. The standard InChI is InChI=1S/C20H26N2O4/c1-16-4-2-5-17(14-16)25-15-18-6-7-19(26-18)20(23)21-8-3-9-22-10-12-24-13-11-22/h2,4-7,14H,3,8-13,15H2,1H3,(H,21,23). The molecule has 0 saturated carbocycles. The Morgan fingerprint density at radius 1 is 1.23 bits per heavy atom. The lowest BCUT2D eigenvalue weighted by Gasteiger charge is -2.26. The number of nitrogens with zero attached hydrogens (tertiary/aromatic N) is 1. The first-order valence-electron chi connectivity index (χ1n) is 9.07. The van der Waals surface area contributed by atoms with Crippen LogP contribution in [0.25, 0.3) is 0 Å². The molecule has 2 heterocycles. The van der Waals surface area contributed by atoms with Gasteiger partial charge in [0.15, 0.2) is 5.76 Å². The van der Waals surface area contributed by atoms with Crippen molar-refractivity contribution in [3.05, 3.63) is 53.5 Å². The van der Waals surface area contributed by atoms with Crippen LogP contribution in [-0.4, -0.2) is 50.2 Å². The van der Waals surface area contributed by atoms with E-state index in [4.69, 9.17) is 13.9 Å². The van der Waals surface area contributed by atoms with Gasteiger partial charge in [-0.2, -0.15) is 0 Å². The van der Waals surface area contributed by atoms with E-state index in [2.05, 4.69) is 10.2 Å². The van der Waals surface area contributed by atoms with Gasteiger partial charge in [0.2, 0.25) is 0 Å². The van der Waals surface area contributed by atoms with Crippen molar-refractivity contribution in [2.75, 3.05) is 39.4 Å². The molecule has 1 aromatic heterocycles. The topological polar surface area (TPSA) is 63.9 Å². The number of rotatable bonds is 8. The van der Waals surface area contributed by atoms with Crippen LogP contribution in [0.1, 0.15) is 28.3 Å². The average molecular weight is 358 g/mol. The molecule has 1 aliphatic rings. The summed E-state index contributed by atoms with van der Waals surface area (Å²) in [6.45, 7) is 7.45. The molecule has 2 aromatic rings. The Balaban J connectivity index is 1.38. The molecule has 6 nitrogen and oxygen atoms in total. The molecule has 3 rings (SSSR count). The molecule has 1 N–H and O–H groups in total. The van der Waals surface area contributed by atoms with Gasteiger partial charge in [-0.15, -0.1) is 0 Å². The quantitative estimate of drug-likeness (QED) is 0.735. The van der Waals surface area contributed by atoms with Gasteiger partial charge in [-0.05, 0) is 49.7 Å². The molecule has 0 radical (unpaired) electrons. The van der Waals surface area contributed by atoms with Gasteiger partial charge in [0.25, 0.3) is 5.91 Å². The van der Waals surface area contributed by atoms with Crippen molar-refractivity contribution in [3.8, 4) is 5.75 Å². The minimum absolute atomic E-state index is 0.186. The predicted octanol–water partition coefficient (Wildman–Crippen LogP) is 2.62. The summed E-state index contributed by atoms with van der Waals surface area (Å²) in [6.07, 6.45) is 0.912. The van der Waals surface area contributed by atoms with Crippen molar-refractivity contribution in [1.82, 2.24) is 10.2 Å². The number of hydrogen-bond donors (Lipinski definition) is 1. The first-order chi connectivity index (χ1) is 12.7. The first-order valence-corrected chi connectivity index (χ1v) is 9.07. The summed E-state index contributed by atoms with van der Waals surface area (Å²) in [7, 11) is 0. The summed E-state index contributed by atoms with van der Waals surface area (Å²) in [4.78, 5) is 14.5. The van der Waals surface area contributed by atoms with E-state index < -0.39 is 0 Å². The summed E-state index contributed by atoms with van der Waals surface area (Å²) < 4.78 is 16.6. The summed E-state index contributed by atoms with van der Waals surface area (Å²) in [6, 6.07) is 11.3. The zero-order valence-corrected chi connectivity index (χ0v) is 15.2. The lowest BCUT2D eigenvalue weighted by molar-refractivity contribution is 0.0374. The Morgan fingerprint density at radius 3 is 2.88 bits per heavy atom. The number of morpholine rings is 1. The van der Waals surface area contributed by atoms with Gasteiger partial charge in [0.05, 0.1) is 13.2 Å². The smallest absolute Gasteiger partial charge is 0.286 e. The highest BCUT2D eigenvalue weighted by Gasteiger charge is 2.12. The zero-order valence-electron chi connectivity index (χ0n) is 15.2. The van der Waals surface area contributed by atoms with Crippen LogP contribution in [0.5, 0.6) is 5.75 Å². The Hall–Kier alpha value is -2.31. The SMILES string of the molecule is Cc1cccc(OCc2ccc(C(=O)NCCCN3CCOCC3)o2)c1. The van der Waals surface area contributed by atoms with E-state index in [1.807, 2.05) is 31.2 Å². The van der Waals surface area contributed by atoms with Crippen molar-refractivity contribution < 1.29 is 18.7 Å². The van der Waals surface area contributed by atoms with Crippen molar-refractivity contribution in [2.24, 2.45) is 0 Å². The van der Waals surface area contributed by atoms with Gasteiger partial charge in [0.1, 0.15) is 18.1 Å². The van der Waals surface area contributed by atoms with Crippen LogP contribution in [0.15, 0.2) is 40.8 Å². The normalized spacial score (nSPS) is 15.0. The highest BCUT2D eigenvalue weighted by Crippen LogP contribution is 2.16. The summed E-state index contributed by atoms with van der Waals surface area (Å²) in [5.41, 5.74) is 1.14. The molecule has 1 aliphatic heterocycles. The fraction of sp³-hybridized carbons (Fsp3) is 0.450. The number of nitrogens with one attached hydrogen (secondary N) is 1. The molecule has 26 heavy (non-hydrogen) atoms. The zero-order chi connectivity index (χ0) is 18.2. The number of hydrogen-bond acceptors (Lipinski definition) is 5. The maximum Gasteiger partial charge on any atom is 0.286 e. The van der Waals surface area contributed by atoms with Crippen LogP contribution in [-0.2, 0) is 11.3 Å². The monoisotopic (exact) mass is 358 g/mol. The molecule has 1 amide bonds. The highest BCUT2D eigenvalue weighted by atomic mass is 16.5. The number of aryl methyl sites for hydroxylation is 1. The maximum atomic E-state index is 12.1. The van der Waals surface area contributed by atoms with Gasteiger partial charge in [0, 0.05) is 19.6 Å². The minimum atomic E-state index is -0.186. The number of furan rings is 1. The molecule has 1 fully saturated rings. The Labute approximate surface area is 154 Å². The average Bonchev–Trinajstić information content (AvgIpc) is 3.13. The minimum Gasteiger partial charge on any atom is -0.486 e. The van der Waals surface area contributed by atoms with E-state index in [1.54, 1.807) is 12.1 Å². The second-order valence-electron chi connectivity index (χ2n) is 6.43. The second-order valence-corrected chi connectivity index (χ2v) is 6.43. The molecule has 6 heteroatoms. The number of ether oxygens (including phenoxy) is 2. The van der Waals surface area contributed by atoms with Crippen LogP contribution in [0.2, 0.25) is 0 Å². The van der Waals surface area contributed by atoms with Crippen molar-refractivity contribution in [1.29, 1.82) is 0 Å². The summed E-state index contributed by atoms with van der Waals surface area (Å²) in [5, 5.41) is 2.90. The Morgan fingerprint density at radius 2 is 2.08 bits per heavy atom. The van der Waals surface area contributed by atoms with Gasteiger partial charge >= 0.3 is 0 Å². The molecule has 0 bridgehead atoms. The third-order valence-electron chi connectivity index (χ3n) is 4.30. The van der Waals surface area contributed by atoms with E-state index in [0.29, 0.717) is 24.7 Å². The van der Waals surface area contributed by atoms with Crippen molar-refractivity contribution >= 4 is 5.91 Å². The summed E-state index contributed by atoms with van der Waals surface area (Å²) in [5.74, 6) is 1.55. The number of benzene rings is 1. The number of carbonyl (C=O) groups excluding carboxylic acids is 1. The largest absolute Gasteiger partial charge is 0.486 e. The third-order valence-corrected chi connectivity index (χ3v) is 4.30. The number of carbonyl (C=O) groups is 1. The Kier molecular flexibility index (Phi) is 6.68. The van der Waals surface area contributed by atoms with Gasteiger partial charge in [-0.3, -0.25) is 9.69 Å². The lowest BCUT2D eigenvalue weighted by atomic mass is 10.2. The van der Waals surface area contributed by atoms with Crippen LogP contribution in [0, 0.1) is 6.92 Å². The van der Waals surface area contributed by atoms with Crippen molar-refractivity contribution in [3.63, 3.8) is 0 Å². The molecular weight excluding hydrogens is 332 g/mol. The van der Waals surface area contributed by atoms with Gasteiger partial charge in [-0.25, -0.2) is 0 Å². The number of amides is 1. The van der Waals surface area contributed by atoms with Crippen LogP contribution >= 0.6 is 0 Å². The molecule has 0 atom stereocenters. The second kappa shape index (κ2) is 9.40. The molecule has 0 unspecified atom stereocenters. The Bertz CT molecular complexity index is 707. The first kappa shape index (κ1) is 18.5. The fourth-order valence-electron chi connectivity index (χ4n) is 2.85. The molecule has 1 saturated heterocycles. The van der Waals surface area contributed by atoms with E-state index in [1.165, 1.54) is 0 Å². The fourth-order valence-corrected chi connectivity index (χ4v) is 2.85. The van der Waals surface area contributed by atoms with Crippen molar-refractivity contribution in [2.45, 2.75) is 20.0 Å². The molecule has 0 spiro atoms. The molecule has 140 valence electrons. The van der Waals surface area contributed by atoms with Crippen LogP contribution < -0.4 is 10.1 Å². The predicted molar refractivity (Wildman–Crippen MR) is 98.4 cm³/mol. The van der Waals surface area contributed by atoms with Crippen LogP contribution in [0.4, 0.5) is 0 Å². The van der Waals surface area contributed by atoms with E-state index >= 15 is 0 Å². The van der Waals surface area contributed by atoms with Gasteiger partial charge < -0.3 is 19.2 Å². The highest BCUT2D eigenvalue weighted by molar-refractivity contribution is 5.91.